The minimum atomic E-state index is -1.24. The number of rotatable bonds is 8. The molecule has 1 unspecified atom stereocenters. The smallest absolute Gasteiger partial charge is 0.287 e. The van der Waals surface area contributed by atoms with Crippen molar-refractivity contribution in [3.8, 4) is 5.75 Å². The van der Waals surface area contributed by atoms with Gasteiger partial charge in [0, 0.05) is 15.9 Å². The quantitative estimate of drug-likeness (QED) is 0.528. The van der Waals surface area contributed by atoms with Gasteiger partial charge in [0.1, 0.15) is 11.5 Å². The number of carbonyl (C=O) groups excluding carboxylic acids is 1. The molecule has 1 heterocycles. The molecule has 146 valence electrons. The lowest BCUT2D eigenvalue weighted by atomic mass is 10.2. The van der Waals surface area contributed by atoms with E-state index in [2.05, 4.69) is 21.2 Å². The monoisotopic (exact) mass is 461 g/mol. The van der Waals surface area contributed by atoms with Crippen LogP contribution in [-0.4, -0.2) is 16.7 Å². The first kappa shape index (κ1) is 20.4. The lowest BCUT2D eigenvalue weighted by Gasteiger charge is -2.06. The van der Waals surface area contributed by atoms with Crippen molar-refractivity contribution < 1.29 is 18.2 Å². The van der Waals surface area contributed by atoms with Crippen molar-refractivity contribution in [3.05, 3.63) is 82.2 Å². The molecule has 0 aliphatic heterocycles. The molecule has 0 fully saturated rings. The third-order valence-corrected chi connectivity index (χ3v) is 5.80. The standard InChI is InChI=1S/C21H20BrNO4S/c1-2-26-17-7-3-15(4-8-17)13-23-21(24)20-12-9-18(27-20)14-28(25)19-10-5-16(22)6-11-19/h3-12H,2,13-14H2,1H3,(H,23,24). The fraction of sp³-hybridized carbons (Fsp3) is 0.190. The molecule has 0 saturated heterocycles. The van der Waals surface area contributed by atoms with Gasteiger partial charge in [0.2, 0.25) is 0 Å². The highest BCUT2D eigenvalue weighted by Gasteiger charge is 2.13. The van der Waals surface area contributed by atoms with Gasteiger partial charge in [-0.3, -0.25) is 9.00 Å². The van der Waals surface area contributed by atoms with Crippen molar-refractivity contribution >= 4 is 32.6 Å². The predicted molar refractivity (Wildman–Crippen MR) is 112 cm³/mol. The molecule has 1 N–H and O–H groups in total. The van der Waals surface area contributed by atoms with Crippen LogP contribution in [0.3, 0.4) is 0 Å². The van der Waals surface area contributed by atoms with Crippen LogP contribution in [0.2, 0.25) is 0 Å². The molecule has 0 spiro atoms. The van der Waals surface area contributed by atoms with Gasteiger partial charge in [-0.1, -0.05) is 28.1 Å². The largest absolute Gasteiger partial charge is 0.494 e. The minimum absolute atomic E-state index is 0.203. The van der Waals surface area contributed by atoms with Crippen LogP contribution in [0.25, 0.3) is 0 Å². The summed E-state index contributed by atoms with van der Waals surface area (Å²) in [6.45, 7) is 2.93. The van der Waals surface area contributed by atoms with E-state index in [-0.39, 0.29) is 17.4 Å². The summed E-state index contributed by atoms with van der Waals surface area (Å²) in [5, 5.41) is 2.82. The lowest BCUT2D eigenvalue weighted by molar-refractivity contribution is 0.0921. The molecule has 3 aromatic rings. The third-order valence-electron chi connectivity index (χ3n) is 3.92. The Hall–Kier alpha value is -2.38. The molecule has 0 aliphatic rings. The molecule has 3 rings (SSSR count). The van der Waals surface area contributed by atoms with E-state index >= 15 is 0 Å². The summed E-state index contributed by atoms with van der Waals surface area (Å²) in [6, 6.07) is 18.1. The van der Waals surface area contributed by atoms with Crippen molar-refractivity contribution in [2.75, 3.05) is 6.61 Å². The second kappa shape index (κ2) is 9.71. The number of halogens is 1. The normalized spacial score (nSPS) is 11.8. The predicted octanol–water partition coefficient (Wildman–Crippen LogP) is 4.68. The number of hydrogen-bond acceptors (Lipinski definition) is 4. The number of furan rings is 1. The van der Waals surface area contributed by atoms with Crippen molar-refractivity contribution in [3.63, 3.8) is 0 Å². The molecular weight excluding hydrogens is 442 g/mol. The summed E-state index contributed by atoms with van der Waals surface area (Å²) in [5.74, 6) is 1.41. The van der Waals surface area contributed by atoms with Crippen LogP contribution in [0.15, 0.2) is 74.4 Å². The van der Waals surface area contributed by atoms with E-state index in [1.807, 2.05) is 43.3 Å². The number of hydrogen-bond donors (Lipinski definition) is 1. The summed E-state index contributed by atoms with van der Waals surface area (Å²) in [6.07, 6.45) is 0. The summed E-state index contributed by atoms with van der Waals surface area (Å²) < 4.78 is 24.3. The Morgan fingerprint density at radius 2 is 1.79 bits per heavy atom. The average Bonchev–Trinajstić information content (AvgIpc) is 3.16. The number of carbonyl (C=O) groups is 1. The molecule has 5 nitrogen and oxygen atoms in total. The van der Waals surface area contributed by atoms with E-state index in [9.17, 15) is 9.00 Å². The number of ether oxygens (including phenoxy) is 1. The fourth-order valence-electron chi connectivity index (χ4n) is 2.52. The molecule has 7 heteroatoms. The lowest BCUT2D eigenvalue weighted by Crippen LogP contribution is -2.22. The van der Waals surface area contributed by atoms with Crippen LogP contribution in [0, 0.1) is 0 Å². The van der Waals surface area contributed by atoms with Crippen LogP contribution in [0.5, 0.6) is 5.75 Å². The molecule has 28 heavy (non-hydrogen) atoms. The van der Waals surface area contributed by atoms with E-state index in [1.54, 1.807) is 24.3 Å². The van der Waals surface area contributed by atoms with Crippen molar-refractivity contribution in [2.45, 2.75) is 24.1 Å². The van der Waals surface area contributed by atoms with Gasteiger partial charge in [-0.2, -0.15) is 0 Å². The van der Waals surface area contributed by atoms with Gasteiger partial charge in [0.15, 0.2) is 5.76 Å². The molecular formula is C21H20BrNO4S. The van der Waals surface area contributed by atoms with Gasteiger partial charge >= 0.3 is 0 Å². The first-order valence-corrected chi connectivity index (χ1v) is 10.9. The molecule has 0 aliphatic carbocycles. The zero-order valence-electron chi connectivity index (χ0n) is 15.3. The van der Waals surface area contributed by atoms with Crippen LogP contribution < -0.4 is 10.1 Å². The highest BCUT2D eigenvalue weighted by Crippen LogP contribution is 2.18. The molecule has 1 amide bonds. The van der Waals surface area contributed by atoms with Gasteiger partial charge in [-0.05, 0) is 61.0 Å². The Morgan fingerprint density at radius 1 is 1.07 bits per heavy atom. The van der Waals surface area contributed by atoms with Crippen molar-refractivity contribution in [1.29, 1.82) is 0 Å². The van der Waals surface area contributed by atoms with E-state index in [0.717, 1.165) is 15.8 Å². The van der Waals surface area contributed by atoms with Crippen LogP contribution in [0.1, 0.15) is 28.8 Å². The van der Waals surface area contributed by atoms with Gasteiger partial charge in [0.25, 0.3) is 5.91 Å². The average molecular weight is 462 g/mol. The Labute approximate surface area is 174 Å². The Balaban J connectivity index is 1.54. The van der Waals surface area contributed by atoms with E-state index in [1.165, 1.54) is 0 Å². The zero-order valence-corrected chi connectivity index (χ0v) is 17.7. The fourth-order valence-corrected chi connectivity index (χ4v) is 3.80. The number of benzene rings is 2. The van der Waals surface area contributed by atoms with Gasteiger partial charge in [-0.15, -0.1) is 0 Å². The van der Waals surface area contributed by atoms with Gasteiger partial charge < -0.3 is 14.5 Å². The van der Waals surface area contributed by atoms with Gasteiger partial charge in [0.05, 0.1) is 23.2 Å². The topological polar surface area (TPSA) is 68.5 Å². The second-order valence-corrected chi connectivity index (χ2v) is 8.34. The Morgan fingerprint density at radius 3 is 2.46 bits per heavy atom. The summed E-state index contributed by atoms with van der Waals surface area (Å²) in [5.41, 5.74) is 0.958. The molecule has 0 saturated carbocycles. The molecule has 1 atom stereocenters. The third kappa shape index (κ3) is 5.56. The maximum atomic E-state index is 12.4. The SMILES string of the molecule is CCOc1ccc(CNC(=O)c2ccc(CS(=O)c3ccc(Br)cc3)o2)cc1. The Bertz CT molecular complexity index is 951. The summed E-state index contributed by atoms with van der Waals surface area (Å²) >= 11 is 3.35. The molecule has 0 radical (unpaired) electrons. The summed E-state index contributed by atoms with van der Waals surface area (Å²) in [4.78, 5) is 13.0. The van der Waals surface area contributed by atoms with E-state index in [4.69, 9.17) is 9.15 Å². The maximum absolute atomic E-state index is 12.4. The van der Waals surface area contributed by atoms with Gasteiger partial charge in [-0.25, -0.2) is 0 Å². The van der Waals surface area contributed by atoms with Crippen LogP contribution in [0.4, 0.5) is 0 Å². The number of amides is 1. The minimum Gasteiger partial charge on any atom is -0.494 e. The van der Waals surface area contributed by atoms with Crippen molar-refractivity contribution in [2.24, 2.45) is 0 Å². The molecule has 1 aromatic heterocycles. The molecule has 0 bridgehead atoms. The Kier molecular flexibility index (Phi) is 7.06. The van der Waals surface area contributed by atoms with E-state index < -0.39 is 10.8 Å². The van der Waals surface area contributed by atoms with Crippen LogP contribution in [-0.2, 0) is 23.1 Å². The van der Waals surface area contributed by atoms with Crippen LogP contribution >= 0.6 is 15.9 Å². The second-order valence-electron chi connectivity index (χ2n) is 5.97. The summed E-state index contributed by atoms with van der Waals surface area (Å²) in [7, 11) is -1.24. The zero-order chi connectivity index (χ0) is 19.9. The first-order valence-electron chi connectivity index (χ1n) is 8.77. The highest BCUT2D eigenvalue weighted by molar-refractivity contribution is 9.10. The first-order chi connectivity index (χ1) is 13.5. The van der Waals surface area contributed by atoms with Crippen molar-refractivity contribution in [1.82, 2.24) is 5.32 Å². The highest BCUT2D eigenvalue weighted by atomic mass is 79.9. The van der Waals surface area contributed by atoms with E-state index in [0.29, 0.717) is 23.8 Å². The maximum Gasteiger partial charge on any atom is 0.287 e. The number of nitrogens with one attached hydrogen (secondary N) is 1. The molecule has 2 aromatic carbocycles.